The van der Waals surface area contributed by atoms with Crippen LogP contribution in [0.5, 0.6) is 11.5 Å². The third kappa shape index (κ3) is 7.24. The van der Waals surface area contributed by atoms with Gasteiger partial charge < -0.3 is 20.5 Å². The number of nitrogens with two attached hydrogens (primary N) is 1. The highest BCUT2D eigenvalue weighted by molar-refractivity contribution is 14.1. The van der Waals surface area contributed by atoms with Gasteiger partial charge in [0, 0.05) is 5.69 Å². The van der Waals surface area contributed by atoms with Crippen LogP contribution >= 0.6 is 22.6 Å². The summed E-state index contributed by atoms with van der Waals surface area (Å²) < 4.78 is 24.7. The predicted octanol–water partition coefficient (Wildman–Crippen LogP) is 2.95. The topological polar surface area (TPSA) is 144 Å². The van der Waals surface area contributed by atoms with Crippen molar-refractivity contribution in [3.63, 3.8) is 0 Å². The van der Waals surface area contributed by atoms with Gasteiger partial charge in [0.1, 0.15) is 17.5 Å². The monoisotopic (exact) mass is 552 g/mol. The lowest BCUT2D eigenvalue weighted by Crippen LogP contribution is -2.35. The van der Waals surface area contributed by atoms with Crippen LogP contribution in [0.1, 0.15) is 12.5 Å². The highest BCUT2D eigenvalue weighted by Gasteiger charge is 2.16. The SMILES string of the molecule is CCOc1cc(/C=C(/C#N)C(=O)NC(N)=O)cc(I)c1OCC(=O)Nc1ccc(F)cc1. The van der Waals surface area contributed by atoms with Crippen LogP contribution in [-0.4, -0.2) is 31.1 Å². The molecule has 2 rings (SSSR count). The van der Waals surface area contributed by atoms with E-state index in [1.807, 2.05) is 27.9 Å². The average Bonchev–Trinajstić information content (AvgIpc) is 2.72. The van der Waals surface area contributed by atoms with Gasteiger partial charge in [0.25, 0.3) is 11.8 Å². The normalized spacial score (nSPS) is 10.6. The van der Waals surface area contributed by atoms with Gasteiger partial charge in [-0.1, -0.05) is 0 Å². The number of carbonyl (C=O) groups is 3. The lowest BCUT2D eigenvalue weighted by Gasteiger charge is -2.15. The van der Waals surface area contributed by atoms with Crippen LogP contribution < -0.4 is 25.8 Å². The summed E-state index contributed by atoms with van der Waals surface area (Å²) in [6.07, 6.45) is 1.26. The Bertz CT molecular complexity index is 1100. The molecular formula is C21H18FIN4O5. The quantitative estimate of drug-likeness (QED) is 0.261. The summed E-state index contributed by atoms with van der Waals surface area (Å²) in [5.41, 5.74) is 5.41. The number of ether oxygens (including phenoxy) is 2. The van der Waals surface area contributed by atoms with E-state index >= 15 is 0 Å². The molecule has 0 atom stereocenters. The van der Waals surface area contributed by atoms with Gasteiger partial charge in [0.15, 0.2) is 18.1 Å². The van der Waals surface area contributed by atoms with Crippen molar-refractivity contribution in [2.24, 2.45) is 5.73 Å². The van der Waals surface area contributed by atoms with E-state index in [0.29, 0.717) is 20.6 Å². The Labute approximate surface area is 196 Å². The van der Waals surface area contributed by atoms with Crippen molar-refractivity contribution in [3.05, 3.63) is 56.9 Å². The van der Waals surface area contributed by atoms with Crippen LogP contribution in [0.2, 0.25) is 0 Å². The number of rotatable bonds is 8. The fourth-order valence-electron chi connectivity index (χ4n) is 2.44. The number of benzene rings is 2. The molecular weight excluding hydrogens is 534 g/mol. The first-order valence-electron chi connectivity index (χ1n) is 9.10. The molecule has 0 radical (unpaired) electrons. The Balaban J connectivity index is 2.21. The molecule has 0 heterocycles. The second-order valence-corrected chi connectivity index (χ2v) is 7.26. The van der Waals surface area contributed by atoms with Crippen molar-refractivity contribution in [1.29, 1.82) is 5.26 Å². The molecule has 0 saturated heterocycles. The van der Waals surface area contributed by atoms with Crippen molar-refractivity contribution in [2.45, 2.75) is 6.92 Å². The van der Waals surface area contributed by atoms with E-state index in [-0.39, 0.29) is 24.5 Å². The molecule has 9 nitrogen and oxygen atoms in total. The highest BCUT2D eigenvalue weighted by Crippen LogP contribution is 2.35. The minimum Gasteiger partial charge on any atom is -0.490 e. The number of primary amides is 1. The van der Waals surface area contributed by atoms with Crippen LogP contribution in [0.15, 0.2) is 42.0 Å². The first kappa shape index (κ1) is 24.6. The Kier molecular flexibility index (Phi) is 8.96. The molecule has 0 aliphatic heterocycles. The lowest BCUT2D eigenvalue weighted by molar-refractivity contribution is -0.118. The van der Waals surface area contributed by atoms with Crippen molar-refractivity contribution < 1.29 is 28.2 Å². The van der Waals surface area contributed by atoms with Gasteiger partial charge in [0.05, 0.1) is 10.2 Å². The molecule has 11 heteroatoms. The zero-order chi connectivity index (χ0) is 23.7. The second-order valence-electron chi connectivity index (χ2n) is 6.09. The number of nitrogens with one attached hydrogen (secondary N) is 2. The second kappa shape index (κ2) is 11.7. The van der Waals surface area contributed by atoms with E-state index in [1.54, 1.807) is 19.1 Å². The minimum atomic E-state index is -1.08. The molecule has 0 fully saturated rings. The number of carbonyl (C=O) groups excluding carboxylic acids is 3. The van der Waals surface area contributed by atoms with Gasteiger partial charge in [-0.2, -0.15) is 5.26 Å². The number of nitriles is 1. The molecule has 4 amide bonds. The van der Waals surface area contributed by atoms with Crippen LogP contribution in [0.25, 0.3) is 6.08 Å². The number of imide groups is 1. The first-order chi connectivity index (χ1) is 15.2. The largest absolute Gasteiger partial charge is 0.490 e. The van der Waals surface area contributed by atoms with Crippen LogP contribution in [0.4, 0.5) is 14.9 Å². The molecule has 166 valence electrons. The summed E-state index contributed by atoms with van der Waals surface area (Å²) >= 11 is 1.96. The van der Waals surface area contributed by atoms with Gasteiger partial charge in [-0.3, -0.25) is 14.9 Å². The lowest BCUT2D eigenvalue weighted by atomic mass is 10.1. The fourth-order valence-corrected chi connectivity index (χ4v) is 3.22. The number of amides is 4. The van der Waals surface area contributed by atoms with Gasteiger partial charge in [0.2, 0.25) is 0 Å². The molecule has 2 aromatic rings. The molecule has 2 aromatic carbocycles. The van der Waals surface area contributed by atoms with Crippen LogP contribution in [0, 0.1) is 20.7 Å². The standard InChI is InChI=1S/C21H18FIN4O5/c1-2-31-17-9-12(7-13(10-24)20(29)27-21(25)30)8-16(23)19(17)32-11-18(28)26-15-5-3-14(22)4-6-15/h3-9H,2,11H2,1H3,(H,26,28)(H3,25,27,29,30)/b13-7-. The summed E-state index contributed by atoms with van der Waals surface area (Å²) in [7, 11) is 0. The van der Waals surface area contributed by atoms with Gasteiger partial charge >= 0.3 is 6.03 Å². The summed E-state index contributed by atoms with van der Waals surface area (Å²) in [6.45, 7) is 1.70. The number of anilines is 1. The van der Waals surface area contributed by atoms with Gasteiger partial charge in [-0.15, -0.1) is 0 Å². The van der Waals surface area contributed by atoms with E-state index < -0.39 is 23.7 Å². The maximum absolute atomic E-state index is 13.0. The van der Waals surface area contributed by atoms with E-state index in [4.69, 9.17) is 15.2 Å². The highest BCUT2D eigenvalue weighted by atomic mass is 127. The minimum absolute atomic E-state index is 0.285. The van der Waals surface area contributed by atoms with E-state index in [9.17, 15) is 24.0 Å². The maximum atomic E-state index is 13.0. The molecule has 0 aliphatic rings. The zero-order valence-electron chi connectivity index (χ0n) is 16.8. The predicted molar refractivity (Wildman–Crippen MR) is 122 cm³/mol. The van der Waals surface area contributed by atoms with Crippen molar-refractivity contribution in [2.75, 3.05) is 18.5 Å². The van der Waals surface area contributed by atoms with Crippen molar-refractivity contribution in [1.82, 2.24) is 5.32 Å². The van der Waals surface area contributed by atoms with Gasteiger partial charge in [-0.25, -0.2) is 9.18 Å². The van der Waals surface area contributed by atoms with E-state index in [2.05, 4.69) is 5.32 Å². The van der Waals surface area contributed by atoms with Crippen molar-refractivity contribution in [3.8, 4) is 17.6 Å². The molecule has 0 saturated carbocycles. The molecule has 0 aliphatic carbocycles. The van der Waals surface area contributed by atoms with Crippen molar-refractivity contribution >= 4 is 52.2 Å². The Morgan fingerprint density at radius 3 is 2.50 bits per heavy atom. The van der Waals surface area contributed by atoms with E-state index in [1.165, 1.54) is 36.4 Å². The third-order valence-electron chi connectivity index (χ3n) is 3.72. The van der Waals surface area contributed by atoms with Gasteiger partial charge in [-0.05, 0) is 77.6 Å². The number of nitrogens with zero attached hydrogens (tertiary/aromatic N) is 1. The summed E-state index contributed by atoms with van der Waals surface area (Å²) in [5.74, 6) is -1.25. The number of hydrogen-bond acceptors (Lipinski definition) is 6. The first-order valence-corrected chi connectivity index (χ1v) is 10.2. The number of halogens is 2. The summed E-state index contributed by atoms with van der Waals surface area (Å²) in [5, 5.41) is 13.6. The molecule has 0 spiro atoms. The zero-order valence-corrected chi connectivity index (χ0v) is 18.9. The fraction of sp³-hybridized carbons (Fsp3) is 0.143. The molecule has 0 aromatic heterocycles. The van der Waals surface area contributed by atoms with Crippen LogP contribution in [0.3, 0.4) is 0 Å². The summed E-state index contributed by atoms with van der Waals surface area (Å²) in [6, 6.07) is 9.03. The van der Waals surface area contributed by atoms with E-state index in [0.717, 1.165) is 0 Å². The molecule has 32 heavy (non-hydrogen) atoms. The Morgan fingerprint density at radius 2 is 1.91 bits per heavy atom. The average molecular weight is 552 g/mol. The molecule has 0 bridgehead atoms. The molecule has 0 unspecified atom stereocenters. The smallest absolute Gasteiger partial charge is 0.319 e. The van der Waals surface area contributed by atoms with Crippen LogP contribution in [-0.2, 0) is 9.59 Å². The Hall–Kier alpha value is -3.66. The number of urea groups is 1. The molecule has 4 N–H and O–H groups in total. The Morgan fingerprint density at radius 1 is 1.22 bits per heavy atom. The number of hydrogen-bond donors (Lipinski definition) is 3. The summed E-state index contributed by atoms with van der Waals surface area (Å²) in [4.78, 5) is 34.9. The maximum Gasteiger partial charge on any atom is 0.319 e. The third-order valence-corrected chi connectivity index (χ3v) is 4.52.